The smallest absolute Gasteiger partial charge is 0.226 e. The highest BCUT2D eigenvalue weighted by Gasteiger charge is 2.46. The number of anilines is 1. The predicted octanol–water partition coefficient (Wildman–Crippen LogP) is 2.39. The summed E-state index contributed by atoms with van der Waals surface area (Å²) in [7, 11) is 0. The average Bonchev–Trinajstić information content (AvgIpc) is 3.45. The molecule has 1 saturated carbocycles. The van der Waals surface area contributed by atoms with Crippen LogP contribution in [0.1, 0.15) is 36.4 Å². The molecule has 3 heterocycles. The number of nitrogens with one attached hydrogen (secondary N) is 1. The van der Waals surface area contributed by atoms with E-state index in [0.29, 0.717) is 17.9 Å². The highest BCUT2D eigenvalue weighted by atomic mass is 16.2. The van der Waals surface area contributed by atoms with E-state index in [4.69, 9.17) is 0 Å². The van der Waals surface area contributed by atoms with Crippen LogP contribution in [-0.4, -0.2) is 45.1 Å². The normalized spacial score (nSPS) is 23.3. The summed E-state index contributed by atoms with van der Waals surface area (Å²) >= 11 is 0. The number of rotatable bonds is 4. The first-order valence-electron chi connectivity index (χ1n) is 8.96. The molecule has 2 atom stereocenters. The lowest BCUT2D eigenvalue weighted by molar-refractivity contribution is -0.133. The first-order valence-corrected chi connectivity index (χ1v) is 8.96. The van der Waals surface area contributed by atoms with Crippen molar-refractivity contribution in [3.05, 3.63) is 47.9 Å². The van der Waals surface area contributed by atoms with Gasteiger partial charge in [-0.2, -0.15) is 5.10 Å². The lowest BCUT2D eigenvalue weighted by Crippen LogP contribution is -2.43. The van der Waals surface area contributed by atoms with Gasteiger partial charge in [-0.3, -0.25) is 9.78 Å². The fourth-order valence-corrected chi connectivity index (χ4v) is 3.60. The van der Waals surface area contributed by atoms with Gasteiger partial charge in [0.05, 0.1) is 5.69 Å². The summed E-state index contributed by atoms with van der Waals surface area (Å²) < 4.78 is 0. The van der Waals surface area contributed by atoms with E-state index in [1.54, 1.807) is 6.20 Å². The van der Waals surface area contributed by atoms with E-state index in [-0.39, 0.29) is 5.92 Å². The zero-order valence-corrected chi connectivity index (χ0v) is 14.4. The molecule has 1 N–H and O–H groups in total. The Labute approximate surface area is 147 Å². The van der Waals surface area contributed by atoms with Gasteiger partial charge in [-0.15, -0.1) is 5.10 Å². The summed E-state index contributed by atoms with van der Waals surface area (Å²) in [4.78, 5) is 18.9. The van der Waals surface area contributed by atoms with Crippen LogP contribution in [0.5, 0.6) is 0 Å². The Kier molecular flexibility index (Phi) is 4.34. The third-order valence-electron chi connectivity index (χ3n) is 5.18. The van der Waals surface area contributed by atoms with Gasteiger partial charge in [0, 0.05) is 37.4 Å². The molecule has 2 aromatic heterocycles. The average molecular weight is 337 g/mol. The summed E-state index contributed by atoms with van der Waals surface area (Å²) in [6.07, 6.45) is 6.52. The minimum Gasteiger partial charge on any atom is -0.366 e. The van der Waals surface area contributed by atoms with Gasteiger partial charge in [-0.1, -0.05) is 6.07 Å². The number of amides is 1. The predicted molar refractivity (Wildman–Crippen MR) is 95.1 cm³/mol. The summed E-state index contributed by atoms with van der Waals surface area (Å²) in [5, 5.41) is 11.7. The number of piperidine rings is 1. The molecule has 0 spiro atoms. The molecule has 0 aromatic carbocycles. The van der Waals surface area contributed by atoms with Crippen LogP contribution in [0.4, 0.5) is 5.82 Å². The van der Waals surface area contributed by atoms with Crippen molar-refractivity contribution in [1.82, 2.24) is 20.1 Å². The molecule has 6 heteroatoms. The van der Waals surface area contributed by atoms with Crippen molar-refractivity contribution in [2.24, 2.45) is 5.92 Å². The van der Waals surface area contributed by atoms with E-state index < -0.39 is 0 Å². The maximum Gasteiger partial charge on any atom is 0.226 e. The van der Waals surface area contributed by atoms with E-state index in [1.165, 1.54) is 5.56 Å². The van der Waals surface area contributed by atoms with Gasteiger partial charge >= 0.3 is 0 Å². The van der Waals surface area contributed by atoms with E-state index in [9.17, 15) is 4.79 Å². The number of likely N-dealkylation sites (tertiary alicyclic amines) is 1. The fourth-order valence-electron chi connectivity index (χ4n) is 3.60. The molecule has 2 aliphatic rings. The largest absolute Gasteiger partial charge is 0.366 e. The number of hydrogen-bond donors (Lipinski definition) is 1. The maximum atomic E-state index is 12.7. The molecular weight excluding hydrogens is 314 g/mol. The zero-order valence-electron chi connectivity index (χ0n) is 14.4. The van der Waals surface area contributed by atoms with Crippen LogP contribution < -0.4 is 5.32 Å². The maximum absolute atomic E-state index is 12.7. The zero-order chi connectivity index (χ0) is 17.2. The number of aryl methyl sites for hydroxylation is 1. The van der Waals surface area contributed by atoms with Crippen molar-refractivity contribution in [2.75, 3.05) is 18.4 Å². The summed E-state index contributed by atoms with van der Waals surface area (Å²) in [5.41, 5.74) is 2.11. The summed E-state index contributed by atoms with van der Waals surface area (Å²) in [6, 6.07) is 8.29. The van der Waals surface area contributed by atoms with Crippen LogP contribution in [-0.2, 0) is 4.79 Å². The van der Waals surface area contributed by atoms with Gasteiger partial charge in [0.15, 0.2) is 0 Å². The molecule has 1 aliphatic heterocycles. The Hall–Kier alpha value is -2.50. The van der Waals surface area contributed by atoms with E-state index in [0.717, 1.165) is 43.9 Å². The highest BCUT2D eigenvalue weighted by molar-refractivity contribution is 5.83. The number of pyridine rings is 1. The molecule has 2 aromatic rings. The Morgan fingerprint density at radius 3 is 2.72 bits per heavy atom. The SMILES string of the molecule is Cc1ccc(NC2CCN(C(=O)[C@@H]3C[C@H]3c3cccnc3)CC2)nn1. The fraction of sp³-hybridized carbons (Fsp3) is 0.474. The monoisotopic (exact) mass is 337 g/mol. The highest BCUT2D eigenvalue weighted by Crippen LogP contribution is 2.48. The van der Waals surface area contributed by atoms with E-state index >= 15 is 0 Å². The third kappa shape index (κ3) is 3.62. The molecule has 130 valence electrons. The van der Waals surface area contributed by atoms with Gasteiger partial charge in [0.25, 0.3) is 0 Å². The minimum atomic E-state index is 0.150. The minimum absolute atomic E-state index is 0.150. The number of aromatic nitrogens is 3. The summed E-state index contributed by atoms with van der Waals surface area (Å²) in [6.45, 7) is 3.55. The molecule has 1 aliphatic carbocycles. The van der Waals surface area contributed by atoms with Crippen molar-refractivity contribution < 1.29 is 4.79 Å². The second-order valence-corrected chi connectivity index (χ2v) is 7.04. The quantitative estimate of drug-likeness (QED) is 0.927. The Balaban J connectivity index is 1.27. The Bertz CT molecular complexity index is 725. The molecule has 25 heavy (non-hydrogen) atoms. The first kappa shape index (κ1) is 16.0. The number of hydrogen-bond acceptors (Lipinski definition) is 5. The van der Waals surface area contributed by atoms with Crippen molar-refractivity contribution in [2.45, 2.75) is 38.1 Å². The molecule has 2 fully saturated rings. The molecule has 4 rings (SSSR count). The van der Waals surface area contributed by atoms with Crippen LogP contribution in [0.25, 0.3) is 0 Å². The third-order valence-corrected chi connectivity index (χ3v) is 5.18. The number of carbonyl (C=O) groups excluding carboxylic acids is 1. The molecule has 1 saturated heterocycles. The van der Waals surface area contributed by atoms with Crippen molar-refractivity contribution in [1.29, 1.82) is 0 Å². The molecule has 6 nitrogen and oxygen atoms in total. The van der Waals surface area contributed by atoms with Gasteiger partial charge in [0.1, 0.15) is 5.82 Å². The summed E-state index contributed by atoms with van der Waals surface area (Å²) in [5.74, 6) is 1.63. The van der Waals surface area contributed by atoms with Gasteiger partial charge in [-0.25, -0.2) is 0 Å². The van der Waals surface area contributed by atoms with Crippen LogP contribution in [0.2, 0.25) is 0 Å². The molecule has 0 unspecified atom stereocenters. The Morgan fingerprint density at radius 1 is 1.20 bits per heavy atom. The van der Waals surface area contributed by atoms with Crippen molar-refractivity contribution in [3.63, 3.8) is 0 Å². The van der Waals surface area contributed by atoms with Crippen molar-refractivity contribution in [3.8, 4) is 0 Å². The molecule has 0 radical (unpaired) electrons. The standard InChI is InChI=1S/C19H23N5O/c1-13-4-5-18(23-22-13)21-15-6-9-24(10-7-15)19(25)17-11-16(17)14-3-2-8-20-12-14/h2-5,8,12,15-17H,6-7,9-11H2,1H3,(H,21,23)/t16-,17+/m0/s1. The topological polar surface area (TPSA) is 71.0 Å². The van der Waals surface area contributed by atoms with Crippen molar-refractivity contribution >= 4 is 11.7 Å². The van der Waals surface area contributed by atoms with E-state index in [1.807, 2.05) is 36.2 Å². The van der Waals surface area contributed by atoms with Crippen LogP contribution >= 0.6 is 0 Å². The van der Waals surface area contributed by atoms with Crippen LogP contribution in [0, 0.1) is 12.8 Å². The van der Waals surface area contributed by atoms with Gasteiger partial charge < -0.3 is 10.2 Å². The molecule has 0 bridgehead atoms. The van der Waals surface area contributed by atoms with Crippen LogP contribution in [0.3, 0.4) is 0 Å². The van der Waals surface area contributed by atoms with Gasteiger partial charge in [0.2, 0.25) is 5.91 Å². The van der Waals surface area contributed by atoms with Gasteiger partial charge in [-0.05, 0) is 55.9 Å². The molecule has 1 amide bonds. The lowest BCUT2D eigenvalue weighted by Gasteiger charge is -2.32. The molecular formula is C19H23N5O. The first-order chi connectivity index (χ1) is 12.2. The van der Waals surface area contributed by atoms with E-state index in [2.05, 4.69) is 26.6 Å². The Morgan fingerprint density at radius 2 is 2.04 bits per heavy atom. The van der Waals surface area contributed by atoms with Crippen LogP contribution in [0.15, 0.2) is 36.7 Å². The lowest BCUT2D eigenvalue weighted by atomic mass is 10.0. The number of nitrogens with zero attached hydrogens (tertiary/aromatic N) is 4. The second-order valence-electron chi connectivity index (χ2n) is 7.04. The second kappa shape index (κ2) is 6.78. The number of carbonyl (C=O) groups is 1.